The van der Waals surface area contributed by atoms with E-state index < -0.39 is 10.8 Å². The topological polar surface area (TPSA) is 37.4 Å². The molecule has 1 amide bonds. The Balaban J connectivity index is 1.47. The number of aryl methyl sites for hydroxylation is 2. The molecule has 6 rings (SSSR count). The van der Waals surface area contributed by atoms with Crippen LogP contribution in [0, 0.1) is 31.1 Å². The van der Waals surface area contributed by atoms with E-state index in [1.807, 2.05) is 0 Å². The van der Waals surface area contributed by atoms with Crippen LogP contribution < -0.4 is 0 Å². The van der Waals surface area contributed by atoms with Gasteiger partial charge in [-0.25, -0.2) is 0 Å². The lowest BCUT2D eigenvalue weighted by Gasteiger charge is -2.62. The number of carbonyl (C=O) groups excluding carboxylic acids is 1. The van der Waals surface area contributed by atoms with Gasteiger partial charge in [-0.1, -0.05) is 25.1 Å². The lowest BCUT2D eigenvalue weighted by atomic mass is 9.42. The lowest BCUT2D eigenvalue weighted by Crippen LogP contribution is -2.59. The number of benzene rings is 1. The summed E-state index contributed by atoms with van der Waals surface area (Å²) in [4.78, 5) is 16.0. The molecule has 3 nitrogen and oxygen atoms in total. The molecule has 1 aliphatic heterocycles. The molecular formula is C25H35NO2S. The second kappa shape index (κ2) is 6.93. The van der Waals surface area contributed by atoms with Gasteiger partial charge in [0.2, 0.25) is 5.91 Å². The zero-order valence-electron chi connectivity index (χ0n) is 18.2. The maximum absolute atomic E-state index is 13.9. The molecule has 4 bridgehead atoms. The molecule has 1 saturated heterocycles. The van der Waals surface area contributed by atoms with E-state index in [1.54, 1.807) is 0 Å². The Morgan fingerprint density at radius 1 is 1.07 bits per heavy atom. The highest BCUT2D eigenvalue weighted by molar-refractivity contribution is 7.85. The van der Waals surface area contributed by atoms with Crippen LogP contribution in [0.15, 0.2) is 18.2 Å². The molecule has 4 heteroatoms. The molecular weight excluding hydrogens is 378 g/mol. The van der Waals surface area contributed by atoms with E-state index in [4.69, 9.17) is 0 Å². The average molecular weight is 414 g/mol. The Morgan fingerprint density at radius 2 is 1.79 bits per heavy atom. The van der Waals surface area contributed by atoms with Crippen molar-refractivity contribution in [2.24, 2.45) is 17.3 Å². The molecule has 0 radical (unpaired) electrons. The van der Waals surface area contributed by atoms with E-state index in [1.165, 1.54) is 36.0 Å². The second-order valence-electron chi connectivity index (χ2n) is 10.8. The summed E-state index contributed by atoms with van der Waals surface area (Å²) in [6.07, 6.45) is 7.94. The minimum atomic E-state index is -0.788. The Hall–Kier alpha value is -1.16. The number of amides is 1. The first-order valence-electron chi connectivity index (χ1n) is 11.5. The summed E-state index contributed by atoms with van der Waals surface area (Å²) in [5.41, 5.74) is 4.24. The fourth-order valence-corrected chi connectivity index (χ4v) is 8.61. The number of hydrogen-bond acceptors (Lipinski definition) is 2. The van der Waals surface area contributed by atoms with Crippen LogP contribution in [-0.2, 0) is 21.0 Å². The first-order chi connectivity index (χ1) is 13.8. The van der Waals surface area contributed by atoms with Gasteiger partial charge in [0.15, 0.2) is 0 Å². The maximum atomic E-state index is 13.9. The van der Waals surface area contributed by atoms with Crippen molar-refractivity contribution in [1.82, 2.24) is 4.90 Å². The molecule has 1 aromatic rings. The Morgan fingerprint density at radius 3 is 2.48 bits per heavy atom. The van der Waals surface area contributed by atoms with E-state index in [-0.39, 0.29) is 16.1 Å². The van der Waals surface area contributed by atoms with Crippen LogP contribution >= 0.6 is 0 Å². The molecule has 5 aliphatic rings. The van der Waals surface area contributed by atoms with Gasteiger partial charge in [0, 0.05) is 34.9 Å². The number of hydrogen-bond donors (Lipinski definition) is 0. The molecule has 0 N–H and O–H groups in total. The van der Waals surface area contributed by atoms with E-state index in [9.17, 15) is 9.00 Å². The second-order valence-corrected chi connectivity index (χ2v) is 12.8. The highest BCUT2D eigenvalue weighted by Crippen LogP contribution is 2.66. The summed E-state index contributed by atoms with van der Waals surface area (Å²) in [5.74, 6) is 2.44. The predicted octanol–water partition coefficient (Wildman–Crippen LogP) is 4.51. The number of nitrogens with zero attached hydrogens (tertiary/aromatic N) is 1. The van der Waals surface area contributed by atoms with Gasteiger partial charge < -0.3 is 4.90 Å². The normalized spacial score (nSPS) is 41.4. The third kappa shape index (κ3) is 3.21. The third-order valence-corrected chi connectivity index (χ3v) is 10.5. The first kappa shape index (κ1) is 19.8. The van der Waals surface area contributed by atoms with Crippen LogP contribution in [0.25, 0.3) is 0 Å². The summed E-state index contributed by atoms with van der Waals surface area (Å²) >= 11 is 0. The molecule has 1 aromatic carbocycles. The smallest absolute Gasteiger partial charge is 0.228 e. The van der Waals surface area contributed by atoms with Gasteiger partial charge in [-0.2, -0.15) is 0 Å². The van der Waals surface area contributed by atoms with Crippen molar-refractivity contribution < 1.29 is 9.00 Å². The average Bonchev–Trinajstić information content (AvgIpc) is 2.84. The van der Waals surface area contributed by atoms with E-state index in [0.717, 1.165) is 32.2 Å². The summed E-state index contributed by atoms with van der Waals surface area (Å²) < 4.78 is 12.3. The van der Waals surface area contributed by atoms with Crippen LogP contribution in [0.3, 0.4) is 0 Å². The summed E-state index contributed by atoms with van der Waals surface area (Å²) in [6, 6.07) is 7.05. The molecule has 4 aliphatic carbocycles. The molecule has 4 saturated carbocycles. The Bertz CT molecular complexity index is 848. The van der Waals surface area contributed by atoms with Crippen LogP contribution in [-0.4, -0.2) is 39.1 Å². The van der Waals surface area contributed by atoms with Gasteiger partial charge in [0.1, 0.15) is 0 Å². The van der Waals surface area contributed by atoms with Crippen molar-refractivity contribution >= 4 is 16.7 Å². The molecule has 1 heterocycles. The monoisotopic (exact) mass is 413 g/mol. The van der Waals surface area contributed by atoms with Gasteiger partial charge >= 0.3 is 0 Å². The SMILES string of the molecule is Cc1ccc(C23CC4CC(CC(C(=O)N5CCC(C)S(=O)CC5)(C4)C2)C3)cc1C. The van der Waals surface area contributed by atoms with Crippen molar-refractivity contribution in [3.63, 3.8) is 0 Å². The van der Waals surface area contributed by atoms with E-state index in [0.29, 0.717) is 30.0 Å². The van der Waals surface area contributed by atoms with Gasteiger partial charge in [-0.3, -0.25) is 9.00 Å². The number of carbonyl (C=O) groups is 1. The lowest BCUT2D eigenvalue weighted by molar-refractivity contribution is -0.160. The molecule has 0 spiro atoms. The highest BCUT2D eigenvalue weighted by Gasteiger charge is 2.61. The maximum Gasteiger partial charge on any atom is 0.228 e. The third-order valence-electron chi connectivity index (χ3n) is 8.74. The summed E-state index contributed by atoms with van der Waals surface area (Å²) in [7, 11) is -0.788. The van der Waals surface area contributed by atoms with Gasteiger partial charge in [-0.05, 0) is 92.7 Å². The Labute approximate surface area is 178 Å². The molecule has 5 fully saturated rings. The Kier molecular flexibility index (Phi) is 4.73. The minimum Gasteiger partial charge on any atom is -0.341 e. The zero-order valence-corrected chi connectivity index (χ0v) is 19.0. The van der Waals surface area contributed by atoms with Crippen molar-refractivity contribution in [1.29, 1.82) is 0 Å². The van der Waals surface area contributed by atoms with Gasteiger partial charge in [0.05, 0.1) is 5.41 Å². The van der Waals surface area contributed by atoms with Gasteiger partial charge in [-0.15, -0.1) is 0 Å². The first-order valence-corrected chi connectivity index (χ1v) is 12.9. The molecule has 4 atom stereocenters. The van der Waals surface area contributed by atoms with Crippen LogP contribution in [0.4, 0.5) is 0 Å². The van der Waals surface area contributed by atoms with Crippen molar-refractivity contribution in [2.75, 3.05) is 18.8 Å². The van der Waals surface area contributed by atoms with E-state index >= 15 is 0 Å². The predicted molar refractivity (Wildman–Crippen MR) is 118 cm³/mol. The van der Waals surface area contributed by atoms with Crippen LogP contribution in [0.1, 0.15) is 68.6 Å². The van der Waals surface area contributed by atoms with Crippen LogP contribution in [0.2, 0.25) is 0 Å². The molecule has 4 unspecified atom stereocenters. The zero-order chi connectivity index (χ0) is 20.4. The molecule has 158 valence electrons. The van der Waals surface area contributed by atoms with Crippen molar-refractivity contribution in [3.05, 3.63) is 34.9 Å². The molecule has 29 heavy (non-hydrogen) atoms. The van der Waals surface area contributed by atoms with E-state index in [2.05, 4.69) is 43.9 Å². The fourth-order valence-electron chi connectivity index (χ4n) is 7.44. The summed E-state index contributed by atoms with van der Waals surface area (Å²) in [5, 5.41) is 0.214. The number of rotatable bonds is 2. The van der Waals surface area contributed by atoms with Crippen LogP contribution in [0.5, 0.6) is 0 Å². The van der Waals surface area contributed by atoms with Gasteiger partial charge in [0.25, 0.3) is 0 Å². The molecule has 0 aromatic heterocycles. The largest absolute Gasteiger partial charge is 0.341 e. The minimum absolute atomic E-state index is 0.169. The quantitative estimate of drug-likeness (QED) is 0.715. The highest BCUT2D eigenvalue weighted by atomic mass is 32.2. The summed E-state index contributed by atoms with van der Waals surface area (Å²) in [6.45, 7) is 7.96. The van der Waals surface area contributed by atoms with Crippen molar-refractivity contribution in [2.45, 2.75) is 76.4 Å². The standard InChI is InChI=1S/C25H35NO2S/c1-17-4-5-22(10-18(17)2)24-12-20-11-21(13-24)15-25(14-20,16-24)23(27)26-7-6-19(3)29(28)9-8-26/h4-5,10,19-21H,6-9,11-16H2,1-3H3. The fraction of sp³-hybridized carbons (Fsp3) is 0.720. The van der Waals surface area contributed by atoms with Crippen molar-refractivity contribution in [3.8, 4) is 0 Å².